The van der Waals surface area contributed by atoms with Crippen molar-refractivity contribution in [1.29, 1.82) is 0 Å². The van der Waals surface area contributed by atoms with Crippen molar-refractivity contribution in [2.24, 2.45) is 0 Å². The molecular formula is C25H23F3N6O. The molecule has 0 bridgehead atoms. The molecule has 7 nitrogen and oxygen atoms in total. The zero-order valence-corrected chi connectivity index (χ0v) is 18.8. The first-order valence-electron chi connectivity index (χ1n) is 11.7. The molecule has 0 radical (unpaired) electrons. The fourth-order valence-corrected chi connectivity index (χ4v) is 4.63. The van der Waals surface area contributed by atoms with E-state index in [1.807, 2.05) is 0 Å². The van der Waals surface area contributed by atoms with Gasteiger partial charge in [0.05, 0.1) is 12.7 Å². The van der Waals surface area contributed by atoms with Gasteiger partial charge in [0.2, 0.25) is 5.89 Å². The summed E-state index contributed by atoms with van der Waals surface area (Å²) in [6.07, 6.45) is 2.95. The van der Waals surface area contributed by atoms with Crippen LogP contribution in [0.1, 0.15) is 48.6 Å². The Morgan fingerprint density at radius 2 is 1.74 bits per heavy atom. The first kappa shape index (κ1) is 22.0. The predicted octanol–water partition coefficient (Wildman–Crippen LogP) is 5.07. The Morgan fingerprint density at radius 1 is 0.971 bits per heavy atom. The average Bonchev–Trinajstić information content (AvgIpc) is 3.46. The first-order chi connectivity index (χ1) is 17.0. The van der Waals surface area contributed by atoms with Crippen LogP contribution in [-0.4, -0.2) is 49.2 Å². The number of nitrogens with zero attached hydrogens (tertiary/aromatic N) is 6. The van der Waals surface area contributed by atoms with Crippen molar-refractivity contribution in [2.75, 3.05) is 13.1 Å². The maximum atomic E-state index is 14.7. The second-order valence-corrected chi connectivity index (χ2v) is 9.21. The molecule has 1 aliphatic heterocycles. The number of benzene rings is 2. The molecule has 0 amide bonds. The highest BCUT2D eigenvalue weighted by atomic mass is 19.3. The molecule has 2 aromatic carbocycles. The lowest BCUT2D eigenvalue weighted by Gasteiger charge is -2.48. The molecule has 3 heterocycles. The smallest absolute Gasteiger partial charge is 0.314 e. The van der Waals surface area contributed by atoms with Crippen LogP contribution >= 0.6 is 0 Å². The standard InChI is InChI=1S/C25H23F3N6O/c26-21-10-17(24-30-31-25(35-24)23(27)28)8-9-18(21)13-34-14-22(29-32-34)16-6-4-15(5-7-16)19-11-33(12-19)20-2-1-3-20/h4-10,14,19-20,23H,1-3,11-13H2. The Hall–Kier alpha value is -3.53. The minimum atomic E-state index is -2.88. The van der Waals surface area contributed by atoms with Crippen LogP contribution < -0.4 is 0 Å². The van der Waals surface area contributed by atoms with Gasteiger partial charge in [0.1, 0.15) is 11.5 Å². The van der Waals surface area contributed by atoms with Crippen LogP contribution in [-0.2, 0) is 6.54 Å². The third kappa shape index (κ3) is 4.34. The molecule has 0 spiro atoms. The van der Waals surface area contributed by atoms with Gasteiger partial charge in [-0.2, -0.15) is 8.78 Å². The lowest BCUT2D eigenvalue weighted by molar-refractivity contribution is 0.0476. The Balaban J connectivity index is 1.10. The summed E-state index contributed by atoms with van der Waals surface area (Å²) in [5.41, 5.74) is 3.61. The van der Waals surface area contributed by atoms with E-state index in [1.165, 1.54) is 30.9 Å². The Bertz CT molecular complexity index is 1330. The van der Waals surface area contributed by atoms with E-state index in [0.717, 1.165) is 24.7 Å². The van der Waals surface area contributed by atoms with Crippen molar-refractivity contribution in [1.82, 2.24) is 30.1 Å². The van der Waals surface area contributed by atoms with Crippen molar-refractivity contribution in [3.63, 3.8) is 0 Å². The number of hydrogen-bond acceptors (Lipinski definition) is 6. The molecule has 35 heavy (non-hydrogen) atoms. The summed E-state index contributed by atoms with van der Waals surface area (Å²) in [5, 5.41) is 15.2. The van der Waals surface area contributed by atoms with E-state index >= 15 is 0 Å². The predicted molar refractivity (Wildman–Crippen MR) is 121 cm³/mol. The van der Waals surface area contributed by atoms with Gasteiger partial charge in [-0.05, 0) is 30.5 Å². The fraction of sp³-hybridized carbons (Fsp3) is 0.360. The molecule has 1 saturated heterocycles. The summed E-state index contributed by atoms with van der Waals surface area (Å²) in [6.45, 7) is 2.46. The third-order valence-electron chi connectivity index (χ3n) is 6.98. The van der Waals surface area contributed by atoms with Crippen LogP contribution in [0.25, 0.3) is 22.7 Å². The van der Waals surface area contributed by atoms with Gasteiger partial charge in [0, 0.05) is 41.7 Å². The summed E-state index contributed by atoms with van der Waals surface area (Å²) in [5.74, 6) is -0.886. The zero-order valence-electron chi connectivity index (χ0n) is 18.8. The second-order valence-electron chi connectivity index (χ2n) is 9.21. The molecule has 1 saturated carbocycles. The molecule has 1 aliphatic carbocycles. The van der Waals surface area contributed by atoms with E-state index in [0.29, 0.717) is 17.2 Å². The van der Waals surface area contributed by atoms with Gasteiger partial charge in [-0.3, -0.25) is 4.90 Å². The monoisotopic (exact) mass is 480 g/mol. The molecule has 6 rings (SSSR count). The largest absolute Gasteiger partial charge is 0.415 e. The van der Waals surface area contributed by atoms with E-state index in [-0.39, 0.29) is 18.0 Å². The molecular weight excluding hydrogens is 457 g/mol. The third-order valence-corrected chi connectivity index (χ3v) is 6.98. The Morgan fingerprint density at radius 3 is 2.40 bits per heavy atom. The summed E-state index contributed by atoms with van der Waals surface area (Å²) >= 11 is 0. The maximum Gasteiger partial charge on any atom is 0.314 e. The Labute approximate surface area is 199 Å². The van der Waals surface area contributed by atoms with Crippen molar-refractivity contribution < 1.29 is 17.6 Å². The fourth-order valence-electron chi connectivity index (χ4n) is 4.63. The maximum absolute atomic E-state index is 14.7. The molecule has 0 atom stereocenters. The summed E-state index contributed by atoms with van der Waals surface area (Å²) in [7, 11) is 0. The Kier molecular flexibility index (Phi) is 5.60. The molecule has 4 aromatic rings. The van der Waals surface area contributed by atoms with E-state index in [9.17, 15) is 13.2 Å². The van der Waals surface area contributed by atoms with Crippen molar-refractivity contribution in [3.05, 3.63) is 71.5 Å². The van der Waals surface area contributed by atoms with Gasteiger partial charge in [0.25, 0.3) is 5.89 Å². The average molecular weight is 480 g/mol. The van der Waals surface area contributed by atoms with Gasteiger partial charge in [-0.25, -0.2) is 9.07 Å². The van der Waals surface area contributed by atoms with Gasteiger partial charge >= 0.3 is 6.43 Å². The summed E-state index contributed by atoms with van der Waals surface area (Å²) < 4.78 is 46.4. The summed E-state index contributed by atoms with van der Waals surface area (Å²) in [6, 6.07) is 13.5. The van der Waals surface area contributed by atoms with E-state index in [2.05, 4.69) is 49.7 Å². The number of likely N-dealkylation sites (tertiary alicyclic amines) is 1. The number of aromatic nitrogens is 5. The van der Waals surface area contributed by atoms with Crippen LogP contribution in [0.2, 0.25) is 0 Å². The normalized spacial score (nSPS) is 17.0. The minimum absolute atomic E-state index is 0.158. The van der Waals surface area contributed by atoms with Crippen LogP contribution in [0, 0.1) is 5.82 Å². The number of hydrogen-bond donors (Lipinski definition) is 0. The topological polar surface area (TPSA) is 72.9 Å². The SMILES string of the molecule is Fc1cc(-c2nnc(C(F)F)o2)ccc1Cn1cc(-c2ccc(C3CN(C4CCC4)C3)cc2)nn1. The molecule has 0 unspecified atom stereocenters. The quantitative estimate of drug-likeness (QED) is 0.368. The lowest BCUT2D eigenvalue weighted by atomic mass is 9.83. The van der Waals surface area contributed by atoms with E-state index in [1.54, 1.807) is 23.0 Å². The van der Waals surface area contributed by atoms with Gasteiger partial charge < -0.3 is 4.42 Å². The van der Waals surface area contributed by atoms with Gasteiger partial charge in [-0.15, -0.1) is 15.3 Å². The minimum Gasteiger partial charge on any atom is -0.415 e. The van der Waals surface area contributed by atoms with Crippen LogP contribution in [0.4, 0.5) is 13.2 Å². The molecule has 0 N–H and O–H groups in total. The highest BCUT2D eigenvalue weighted by Gasteiger charge is 2.35. The van der Waals surface area contributed by atoms with Crippen LogP contribution in [0.15, 0.2) is 53.1 Å². The molecule has 2 aromatic heterocycles. The van der Waals surface area contributed by atoms with E-state index in [4.69, 9.17) is 4.42 Å². The molecule has 180 valence electrons. The zero-order chi connectivity index (χ0) is 23.9. The highest BCUT2D eigenvalue weighted by molar-refractivity contribution is 5.58. The molecule has 2 aliphatic rings. The first-order valence-corrected chi connectivity index (χ1v) is 11.7. The van der Waals surface area contributed by atoms with Crippen molar-refractivity contribution in [3.8, 4) is 22.7 Å². The van der Waals surface area contributed by atoms with Gasteiger partial charge in [-0.1, -0.05) is 42.0 Å². The summed E-state index contributed by atoms with van der Waals surface area (Å²) in [4.78, 5) is 2.59. The van der Waals surface area contributed by atoms with E-state index < -0.39 is 18.1 Å². The van der Waals surface area contributed by atoms with Crippen molar-refractivity contribution in [2.45, 2.75) is 44.2 Å². The van der Waals surface area contributed by atoms with Crippen molar-refractivity contribution >= 4 is 0 Å². The van der Waals surface area contributed by atoms with Gasteiger partial charge in [0.15, 0.2) is 0 Å². The lowest BCUT2D eigenvalue weighted by Crippen LogP contribution is -2.53. The molecule has 10 heteroatoms. The number of halogens is 3. The highest BCUT2D eigenvalue weighted by Crippen LogP contribution is 2.35. The molecule has 2 fully saturated rings. The van der Waals surface area contributed by atoms with Crippen LogP contribution in [0.3, 0.4) is 0 Å². The second kappa shape index (κ2) is 8.92. The number of alkyl halides is 2. The van der Waals surface area contributed by atoms with Crippen LogP contribution in [0.5, 0.6) is 0 Å². The number of rotatable bonds is 7.